The van der Waals surface area contributed by atoms with Crippen LogP contribution in [0.1, 0.15) is 34.1 Å². The van der Waals surface area contributed by atoms with Crippen molar-refractivity contribution >= 4 is 0 Å². The van der Waals surface area contributed by atoms with E-state index in [-0.39, 0.29) is 0 Å². The Morgan fingerprint density at radius 3 is 1.75 bits per heavy atom. The van der Waals surface area contributed by atoms with E-state index >= 15 is 0 Å². The summed E-state index contributed by atoms with van der Waals surface area (Å²) in [5.74, 6) is 0.593. The highest BCUT2D eigenvalue weighted by atomic mass is 14.2. The van der Waals surface area contributed by atoms with Crippen LogP contribution in [0.5, 0.6) is 0 Å². The maximum absolute atomic E-state index is 3.92. The van der Waals surface area contributed by atoms with Crippen LogP contribution in [0.2, 0.25) is 0 Å². The van der Waals surface area contributed by atoms with E-state index in [0.29, 0.717) is 11.3 Å². The minimum absolute atomic E-state index is 0.459. The van der Waals surface area contributed by atoms with Crippen LogP contribution in [-0.2, 0) is 0 Å². The Morgan fingerprint density at radius 2 is 1.75 bits per heavy atom. The summed E-state index contributed by atoms with van der Waals surface area (Å²) in [6.45, 7) is 12.8. The second-order valence-corrected chi connectivity index (χ2v) is 3.87. The van der Waals surface area contributed by atoms with E-state index in [0.717, 1.165) is 0 Å². The van der Waals surface area contributed by atoms with Crippen molar-refractivity contribution in [3.8, 4) is 0 Å². The number of hydrogen-bond donors (Lipinski definition) is 0. The van der Waals surface area contributed by atoms with Gasteiger partial charge in [-0.3, -0.25) is 0 Å². The molecule has 49 valence electrons. The molecular weight excluding hydrogens is 96.1 g/mol. The highest BCUT2D eigenvalue weighted by Crippen LogP contribution is 2.22. The molecule has 0 heteroatoms. The van der Waals surface area contributed by atoms with Gasteiger partial charge in [0.1, 0.15) is 0 Å². The summed E-state index contributed by atoms with van der Waals surface area (Å²) < 4.78 is 0. The molecule has 0 spiro atoms. The first-order valence-electron chi connectivity index (χ1n) is 3.25. The lowest BCUT2D eigenvalue weighted by atomic mass is 9.86. The van der Waals surface area contributed by atoms with Gasteiger partial charge in [-0.15, -0.1) is 0 Å². The van der Waals surface area contributed by atoms with Crippen molar-refractivity contribution in [3.05, 3.63) is 6.92 Å². The van der Waals surface area contributed by atoms with E-state index in [4.69, 9.17) is 0 Å². The topological polar surface area (TPSA) is 0 Å². The Kier molecular flexibility index (Phi) is 2.52. The summed E-state index contributed by atoms with van der Waals surface area (Å²) in [5, 5.41) is 0. The van der Waals surface area contributed by atoms with E-state index < -0.39 is 0 Å². The van der Waals surface area contributed by atoms with E-state index in [2.05, 4.69) is 34.6 Å². The molecule has 0 fully saturated rings. The molecule has 0 aliphatic carbocycles. The summed E-state index contributed by atoms with van der Waals surface area (Å²) in [4.78, 5) is 0. The Bertz CT molecular complexity index is 54.9. The quantitative estimate of drug-likeness (QED) is 0.490. The Morgan fingerprint density at radius 1 is 1.38 bits per heavy atom. The lowest BCUT2D eigenvalue weighted by molar-refractivity contribution is 0.335. The zero-order chi connectivity index (χ0) is 6.78. The van der Waals surface area contributed by atoms with Crippen molar-refractivity contribution in [2.45, 2.75) is 34.1 Å². The molecular formula is C8H17. The summed E-state index contributed by atoms with van der Waals surface area (Å²) in [5.41, 5.74) is 0.459. The molecule has 0 aromatic heterocycles. The molecule has 0 saturated carbocycles. The number of rotatable bonds is 1. The van der Waals surface area contributed by atoms with Crippen molar-refractivity contribution in [1.82, 2.24) is 0 Å². The molecule has 0 rings (SSSR count). The molecule has 0 aliphatic rings. The Hall–Kier alpha value is 0. The zero-order valence-corrected chi connectivity index (χ0v) is 6.49. The summed E-state index contributed by atoms with van der Waals surface area (Å²) in [7, 11) is 0. The van der Waals surface area contributed by atoms with Crippen molar-refractivity contribution in [3.63, 3.8) is 0 Å². The minimum atomic E-state index is 0.459. The molecule has 1 unspecified atom stereocenters. The zero-order valence-electron chi connectivity index (χ0n) is 6.49. The van der Waals surface area contributed by atoms with Crippen LogP contribution in [0.15, 0.2) is 0 Å². The average molecular weight is 113 g/mol. The first-order chi connectivity index (χ1) is 3.42. The van der Waals surface area contributed by atoms with Crippen LogP contribution in [-0.4, -0.2) is 0 Å². The Labute approximate surface area is 53.3 Å². The van der Waals surface area contributed by atoms with E-state index in [1.165, 1.54) is 6.42 Å². The SMILES string of the molecule is [CH2]C(C)CC(C)(C)C. The van der Waals surface area contributed by atoms with Gasteiger partial charge in [0, 0.05) is 0 Å². The maximum atomic E-state index is 3.92. The van der Waals surface area contributed by atoms with Gasteiger partial charge in [0.05, 0.1) is 0 Å². The van der Waals surface area contributed by atoms with Gasteiger partial charge in [-0.05, 0) is 17.8 Å². The van der Waals surface area contributed by atoms with Crippen molar-refractivity contribution in [1.29, 1.82) is 0 Å². The predicted octanol–water partition coefficient (Wildman–Crippen LogP) is 2.89. The monoisotopic (exact) mass is 113 g/mol. The van der Waals surface area contributed by atoms with Crippen molar-refractivity contribution in [2.24, 2.45) is 11.3 Å². The highest BCUT2D eigenvalue weighted by Gasteiger charge is 2.11. The number of hydrogen-bond acceptors (Lipinski definition) is 0. The molecule has 0 heterocycles. The third-order valence-corrected chi connectivity index (χ3v) is 0.961. The van der Waals surface area contributed by atoms with Gasteiger partial charge in [-0.2, -0.15) is 0 Å². The van der Waals surface area contributed by atoms with Gasteiger partial charge in [0.15, 0.2) is 0 Å². The molecule has 0 aromatic rings. The second-order valence-electron chi connectivity index (χ2n) is 3.87. The van der Waals surface area contributed by atoms with Crippen LogP contribution < -0.4 is 0 Å². The second kappa shape index (κ2) is 2.52. The minimum Gasteiger partial charge on any atom is -0.0625 e. The average Bonchev–Trinajstić information content (AvgIpc) is 1.21. The van der Waals surface area contributed by atoms with E-state index in [9.17, 15) is 0 Å². The summed E-state index contributed by atoms with van der Waals surface area (Å²) in [6, 6.07) is 0. The fourth-order valence-corrected chi connectivity index (χ4v) is 1.05. The third-order valence-electron chi connectivity index (χ3n) is 0.961. The lowest BCUT2D eigenvalue weighted by Crippen LogP contribution is -2.08. The van der Waals surface area contributed by atoms with Gasteiger partial charge in [0.25, 0.3) is 0 Å². The van der Waals surface area contributed by atoms with Crippen LogP contribution in [0.4, 0.5) is 0 Å². The third kappa shape index (κ3) is 6.00. The first kappa shape index (κ1) is 8.00. The van der Waals surface area contributed by atoms with Crippen LogP contribution >= 0.6 is 0 Å². The standard InChI is InChI=1S/C8H17/c1-7(2)6-8(3,4)5/h7H,1,6H2,2-5H3. The molecule has 8 heavy (non-hydrogen) atoms. The normalized spacial score (nSPS) is 12.8. The highest BCUT2D eigenvalue weighted by molar-refractivity contribution is 4.66. The lowest BCUT2D eigenvalue weighted by Gasteiger charge is -2.19. The molecule has 0 N–H and O–H groups in total. The van der Waals surface area contributed by atoms with E-state index in [1.54, 1.807) is 0 Å². The van der Waals surface area contributed by atoms with Crippen molar-refractivity contribution in [2.75, 3.05) is 0 Å². The van der Waals surface area contributed by atoms with Crippen molar-refractivity contribution < 1.29 is 0 Å². The molecule has 0 bridgehead atoms. The summed E-state index contributed by atoms with van der Waals surface area (Å²) >= 11 is 0. The van der Waals surface area contributed by atoms with Gasteiger partial charge in [-0.25, -0.2) is 0 Å². The van der Waals surface area contributed by atoms with Crippen LogP contribution in [0.25, 0.3) is 0 Å². The molecule has 0 amide bonds. The fraction of sp³-hybridized carbons (Fsp3) is 0.875. The fourth-order valence-electron chi connectivity index (χ4n) is 1.05. The maximum Gasteiger partial charge on any atom is -0.0380 e. The molecule has 0 aliphatic heterocycles. The molecule has 0 nitrogen and oxygen atoms in total. The smallest absolute Gasteiger partial charge is 0.0380 e. The van der Waals surface area contributed by atoms with Crippen LogP contribution in [0, 0.1) is 18.3 Å². The predicted molar refractivity (Wildman–Crippen MR) is 38.6 cm³/mol. The summed E-state index contributed by atoms with van der Waals surface area (Å²) in [6.07, 6.45) is 1.22. The van der Waals surface area contributed by atoms with Gasteiger partial charge in [0.2, 0.25) is 0 Å². The first-order valence-corrected chi connectivity index (χ1v) is 3.25. The van der Waals surface area contributed by atoms with Gasteiger partial charge >= 0.3 is 0 Å². The molecule has 1 atom stereocenters. The van der Waals surface area contributed by atoms with Gasteiger partial charge in [-0.1, -0.05) is 34.6 Å². The largest absolute Gasteiger partial charge is 0.0625 e. The van der Waals surface area contributed by atoms with Gasteiger partial charge < -0.3 is 0 Å². The molecule has 0 aromatic carbocycles. The molecule has 1 radical (unpaired) electrons. The Balaban J connectivity index is 3.39. The molecule has 0 saturated heterocycles. The van der Waals surface area contributed by atoms with E-state index in [1.807, 2.05) is 0 Å². The van der Waals surface area contributed by atoms with Crippen LogP contribution in [0.3, 0.4) is 0 Å².